The Balaban J connectivity index is 1.78. The molecule has 0 radical (unpaired) electrons. The molecule has 1 heterocycles. The molecule has 8 heteroatoms. The monoisotopic (exact) mass is 421 g/mol. The molecule has 3 N–H and O–H groups in total. The van der Waals surface area contributed by atoms with Gasteiger partial charge in [0.05, 0.1) is 10.4 Å². The number of benzene rings is 3. The van der Waals surface area contributed by atoms with Gasteiger partial charge < -0.3 is 4.74 Å². The molecule has 0 spiro atoms. The lowest BCUT2D eigenvalue weighted by atomic mass is 10.2. The van der Waals surface area contributed by atoms with Crippen LogP contribution >= 0.6 is 0 Å². The third kappa shape index (κ3) is 3.66. The van der Waals surface area contributed by atoms with E-state index in [2.05, 4.69) is 0 Å². The maximum absolute atomic E-state index is 13.3. The fraction of sp³-hybridized carbons (Fsp3) is 0.0455. The number of aromatic nitrogens is 1. The first kappa shape index (κ1) is 19.7. The minimum absolute atomic E-state index is 0.0676. The van der Waals surface area contributed by atoms with Crippen LogP contribution < -0.4 is 16.0 Å². The van der Waals surface area contributed by atoms with E-state index < -0.39 is 15.9 Å². The summed E-state index contributed by atoms with van der Waals surface area (Å²) in [6, 6.07) is 24.1. The van der Waals surface area contributed by atoms with Gasteiger partial charge >= 0.3 is 0 Å². The molecule has 0 aliphatic rings. The van der Waals surface area contributed by atoms with Gasteiger partial charge in [-0.1, -0.05) is 48.5 Å². The molecule has 4 aromatic rings. The van der Waals surface area contributed by atoms with Gasteiger partial charge in [0, 0.05) is 5.39 Å². The Morgan fingerprint density at radius 1 is 0.933 bits per heavy atom. The fourth-order valence-electron chi connectivity index (χ4n) is 3.19. The van der Waals surface area contributed by atoms with Crippen molar-refractivity contribution < 1.29 is 17.9 Å². The number of hydrogen-bond acceptors (Lipinski definition) is 5. The predicted octanol–water partition coefficient (Wildman–Crippen LogP) is 3.06. The second-order valence-corrected chi connectivity index (χ2v) is 8.37. The third-order valence-electron chi connectivity index (χ3n) is 4.62. The molecule has 0 saturated carbocycles. The molecule has 0 saturated heterocycles. The van der Waals surface area contributed by atoms with Crippen molar-refractivity contribution in [3.63, 3.8) is 0 Å². The Kier molecular flexibility index (Phi) is 5.26. The van der Waals surface area contributed by atoms with Gasteiger partial charge in [0.1, 0.15) is 18.1 Å². The van der Waals surface area contributed by atoms with Gasteiger partial charge in [-0.15, -0.1) is 0 Å². The Morgan fingerprint density at radius 2 is 1.60 bits per heavy atom. The molecule has 0 atom stereocenters. The Bertz CT molecular complexity index is 1300. The number of carbonyl (C=O) groups excluding carboxylic acids is 1. The average Bonchev–Trinajstić information content (AvgIpc) is 3.18. The van der Waals surface area contributed by atoms with Crippen LogP contribution in [-0.2, 0) is 16.6 Å². The zero-order valence-corrected chi connectivity index (χ0v) is 16.7. The first-order chi connectivity index (χ1) is 14.5. The van der Waals surface area contributed by atoms with E-state index in [4.69, 9.17) is 10.6 Å². The van der Waals surface area contributed by atoms with Gasteiger partial charge in [0.2, 0.25) is 0 Å². The molecule has 30 heavy (non-hydrogen) atoms. The van der Waals surface area contributed by atoms with Crippen molar-refractivity contribution in [2.45, 2.75) is 11.5 Å². The summed E-state index contributed by atoms with van der Waals surface area (Å²) in [6.45, 7) is 0.367. The van der Waals surface area contributed by atoms with Crippen LogP contribution in [0.3, 0.4) is 0 Å². The summed E-state index contributed by atoms with van der Waals surface area (Å²) in [7, 11) is -4.02. The number of nitrogens with zero attached hydrogens (tertiary/aromatic N) is 1. The van der Waals surface area contributed by atoms with Crippen LogP contribution in [0.1, 0.15) is 16.1 Å². The van der Waals surface area contributed by atoms with Gasteiger partial charge in [-0.3, -0.25) is 10.2 Å². The maximum atomic E-state index is 13.3. The molecule has 0 unspecified atom stereocenters. The lowest BCUT2D eigenvalue weighted by Gasteiger charge is -2.11. The van der Waals surface area contributed by atoms with E-state index in [1.54, 1.807) is 36.4 Å². The maximum Gasteiger partial charge on any atom is 0.282 e. The highest BCUT2D eigenvalue weighted by Crippen LogP contribution is 2.29. The largest absolute Gasteiger partial charge is 0.489 e. The van der Waals surface area contributed by atoms with E-state index in [9.17, 15) is 13.2 Å². The third-order valence-corrected chi connectivity index (χ3v) is 6.36. The summed E-state index contributed by atoms with van der Waals surface area (Å²) in [4.78, 5) is 12.4. The highest BCUT2D eigenvalue weighted by molar-refractivity contribution is 7.90. The summed E-state index contributed by atoms with van der Waals surface area (Å²) in [6.07, 6.45) is 0. The number of fused-ring (bicyclic) bond motifs is 1. The fourth-order valence-corrected chi connectivity index (χ4v) is 4.72. The topological polar surface area (TPSA) is 103 Å². The number of hydrazine groups is 1. The number of hydrogen-bond donors (Lipinski definition) is 2. The van der Waals surface area contributed by atoms with E-state index in [1.807, 2.05) is 35.8 Å². The first-order valence-electron chi connectivity index (χ1n) is 9.14. The summed E-state index contributed by atoms with van der Waals surface area (Å²) in [5.74, 6) is 5.13. The molecular formula is C22H19N3O4S. The molecule has 3 aromatic carbocycles. The van der Waals surface area contributed by atoms with E-state index in [-0.39, 0.29) is 10.6 Å². The minimum atomic E-state index is -4.02. The average molecular weight is 421 g/mol. The van der Waals surface area contributed by atoms with E-state index in [0.717, 1.165) is 9.54 Å². The normalized spacial score (nSPS) is 11.4. The molecule has 152 valence electrons. The van der Waals surface area contributed by atoms with Crippen LogP contribution in [0.4, 0.5) is 0 Å². The van der Waals surface area contributed by atoms with Crippen molar-refractivity contribution in [2.75, 3.05) is 0 Å². The lowest BCUT2D eigenvalue weighted by Crippen LogP contribution is -2.33. The summed E-state index contributed by atoms with van der Waals surface area (Å²) < 4.78 is 33.3. The van der Waals surface area contributed by atoms with Crippen molar-refractivity contribution in [2.24, 2.45) is 5.84 Å². The molecule has 1 amide bonds. The van der Waals surface area contributed by atoms with Crippen LogP contribution in [0.25, 0.3) is 10.9 Å². The summed E-state index contributed by atoms with van der Waals surface area (Å²) >= 11 is 0. The number of ether oxygens (including phenoxy) is 1. The van der Waals surface area contributed by atoms with E-state index in [0.29, 0.717) is 23.3 Å². The summed E-state index contributed by atoms with van der Waals surface area (Å²) in [5.41, 5.74) is 3.28. The van der Waals surface area contributed by atoms with Crippen LogP contribution in [0.2, 0.25) is 0 Å². The highest BCUT2D eigenvalue weighted by Gasteiger charge is 2.26. The molecule has 0 fully saturated rings. The standard InChI is InChI=1S/C22H19N3O4S/c23-24-22(26)21-14-17-13-18(29-15-16-7-3-1-4-8-16)11-12-20(17)25(21)30(27,28)19-9-5-2-6-10-19/h1-14H,15,23H2,(H,24,26). The number of rotatable bonds is 6. The van der Waals surface area contributed by atoms with Gasteiger partial charge in [0.25, 0.3) is 15.9 Å². The second kappa shape index (κ2) is 8.02. The number of amides is 1. The highest BCUT2D eigenvalue weighted by atomic mass is 32.2. The molecule has 4 rings (SSSR count). The van der Waals surface area contributed by atoms with E-state index in [1.165, 1.54) is 18.2 Å². The number of nitrogen functional groups attached to an aromatic ring is 1. The van der Waals surface area contributed by atoms with Crippen molar-refractivity contribution >= 4 is 26.8 Å². The Hall–Kier alpha value is -3.62. The van der Waals surface area contributed by atoms with Crippen LogP contribution in [-0.4, -0.2) is 18.3 Å². The predicted molar refractivity (Wildman–Crippen MR) is 113 cm³/mol. The molecular weight excluding hydrogens is 402 g/mol. The zero-order valence-electron chi connectivity index (χ0n) is 15.9. The molecule has 0 aliphatic heterocycles. The molecule has 7 nitrogen and oxygen atoms in total. The van der Waals surface area contributed by atoms with Gasteiger partial charge in [-0.25, -0.2) is 18.2 Å². The van der Waals surface area contributed by atoms with Crippen LogP contribution in [0.5, 0.6) is 5.75 Å². The van der Waals surface area contributed by atoms with Crippen molar-refractivity contribution in [3.8, 4) is 5.75 Å². The quantitative estimate of drug-likeness (QED) is 0.283. The lowest BCUT2D eigenvalue weighted by molar-refractivity contribution is 0.0948. The van der Waals surface area contributed by atoms with Crippen molar-refractivity contribution in [3.05, 3.63) is 96.2 Å². The zero-order chi connectivity index (χ0) is 21.1. The van der Waals surface area contributed by atoms with Gasteiger partial charge in [-0.05, 0) is 42.0 Å². The molecule has 1 aromatic heterocycles. The van der Waals surface area contributed by atoms with Crippen molar-refractivity contribution in [1.82, 2.24) is 9.40 Å². The summed E-state index contributed by atoms with van der Waals surface area (Å²) in [5, 5.41) is 0.540. The smallest absolute Gasteiger partial charge is 0.282 e. The number of carbonyl (C=O) groups is 1. The molecule has 0 bridgehead atoms. The number of nitrogens with one attached hydrogen (secondary N) is 1. The van der Waals surface area contributed by atoms with E-state index >= 15 is 0 Å². The van der Waals surface area contributed by atoms with Gasteiger partial charge in [-0.2, -0.15) is 0 Å². The van der Waals surface area contributed by atoms with Gasteiger partial charge in [0.15, 0.2) is 0 Å². The Labute approximate surface area is 173 Å². The van der Waals surface area contributed by atoms with Crippen LogP contribution in [0.15, 0.2) is 89.8 Å². The van der Waals surface area contributed by atoms with Crippen LogP contribution in [0, 0.1) is 0 Å². The number of nitrogens with two attached hydrogens (primary N) is 1. The first-order valence-corrected chi connectivity index (χ1v) is 10.6. The molecule has 0 aliphatic carbocycles. The Morgan fingerprint density at radius 3 is 2.27 bits per heavy atom. The SMILES string of the molecule is NNC(=O)c1cc2cc(OCc3ccccc3)ccc2n1S(=O)(=O)c1ccccc1. The second-order valence-electron chi connectivity index (χ2n) is 6.58. The minimum Gasteiger partial charge on any atom is -0.489 e. The van der Waals surface area contributed by atoms with Crippen molar-refractivity contribution in [1.29, 1.82) is 0 Å².